The summed E-state index contributed by atoms with van der Waals surface area (Å²) in [6.07, 6.45) is 6.81. The second kappa shape index (κ2) is 16.5. The highest BCUT2D eigenvalue weighted by molar-refractivity contribution is 6.18. The number of hydrogen-bond acceptors (Lipinski definition) is 6. The maximum Gasteiger partial charge on any atom is 0.272 e. The molecule has 4 amide bonds. The fourth-order valence-corrected chi connectivity index (χ4v) is 5.20. The molecule has 0 saturated heterocycles. The van der Waals surface area contributed by atoms with Gasteiger partial charge in [-0.15, -0.1) is 11.6 Å². The van der Waals surface area contributed by atoms with E-state index in [0.717, 1.165) is 18.4 Å². The predicted molar refractivity (Wildman–Crippen MR) is 191 cm³/mol. The summed E-state index contributed by atoms with van der Waals surface area (Å²) in [4.78, 5) is 56.4. The van der Waals surface area contributed by atoms with E-state index in [1.54, 1.807) is 77.7 Å². The second-order valence-electron chi connectivity index (χ2n) is 11.3. The Labute approximate surface area is 289 Å². The number of nitrogens with two attached hydrogens (primary N) is 2. The van der Waals surface area contributed by atoms with Crippen LogP contribution < -0.4 is 37.9 Å². The van der Waals surface area contributed by atoms with Crippen molar-refractivity contribution in [3.63, 3.8) is 0 Å². The van der Waals surface area contributed by atoms with E-state index in [-0.39, 0.29) is 48.1 Å². The van der Waals surface area contributed by atoms with E-state index in [9.17, 15) is 19.2 Å². The molecule has 3 aromatic heterocycles. The third-order valence-corrected chi connectivity index (χ3v) is 7.66. The van der Waals surface area contributed by atoms with E-state index in [0.29, 0.717) is 34.9 Å². The monoisotopic (exact) mass is 691 g/mol. The van der Waals surface area contributed by atoms with Crippen LogP contribution in [0, 0.1) is 0 Å². The van der Waals surface area contributed by atoms with Gasteiger partial charge in [-0.05, 0) is 42.3 Å². The van der Waals surface area contributed by atoms with Gasteiger partial charge < -0.3 is 41.1 Å². The highest BCUT2D eigenvalue weighted by Crippen LogP contribution is 2.22. The fraction of sp³-hybridized carbons (Fsp3) is 0.303. The van der Waals surface area contributed by atoms with Crippen molar-refractivity contribution >= 4 is 58.3 Å². The number of rotatable bonds is 15. The van der Waals surface area contributed by atoms with Crippen LogP contribution >= 0.6 is 11.6 Å². The summed E-state index contributed by atoms with van der Waals surface area (Å²) in [5.41, 5.74) is 17.4. The van der Waals surface area contributed by atoms with Crippen LogP contribution in [0.2, 0.25) is 0 Å². The molecule has 0 saturated carbocycles. The van der Waals surface area contributed by atoms with Crippen molar-refractivity contribution in [1.82, 2.24) is 24.4 Å². The topological polar surface area (TPSA) is 199 Å². The second-order valence-corrected chi connectivity index (χ2v) is 11.7. The van der Waals surface area contributed by atoms with Gasteiger partial charge in [0.15, 0.2) is 5.96 Å². The van der Waals surface area contributed by atoms with Crippen molar-refractivity contribution in [1.29, 1.82) is 0 Å². The molecule has 15 nitrogen and oxygen atoms in total. The van der Waals surface area contributed by atoms with Gasteiger partial charge in [-0.3, -0.25) is 24.2 Å². The molecule has 0 aliphatic rings. The van der Waals surface area contributed by atoms with Gasteiger partial charge in [0.25, 0.3) is 23.6 Å². The van der Waals surface area contributed by atoms with Crippen LogP contribution in [0.4, 0.5) is 17.1 Å². The van der Waals surface area contributed by atoms with Crippen LogP contribution in [-0.4, -0.2) is 68.8 Å². The minimum atomic E-state index is -0.447. The summed E-state index contributed by atoms with van der Waals surface area (Å²) in [7, 11) is 5.05. The lowest BCUT2D eigenvalue weighted by molar-refractivity contribution is 0.0943. The van der Waals surface area contributed by atoms with E-state index < -0.39 is 11.8 Å². The highest BCUT2D eigenvalue weighted by Gasteiger charge is 2.23. The zero-order valence-corrected chi connectivity index (χ0v) is 28.7. The van der Waals surface area contributed by atoms with Gasteiger partial charge in [-0.2, -0.15) is 0 Å². The zero-order chi connectivity index (χ0) is 35.7. The molecule has 49 heavy (non-hydrogen) atoms. The van der Waals surface area contributed by atoms with Crippen LogP contribution in [0.15, 0.2) is 66.0 Å². The molecule has 0 atom stereocenters. The lowest BCUT2D eigenvalue weighted by Gasteiger charge is -2.22. The lowest BCUT2D eigenvalue weighted by Crippen LogP contribution is -2.44. The SMILES string of the molecule is CCCc1ccc(C(=O)N(NCCCl)c2cc(C(=O)Nc3cc(C(=O)Nc4cc(C(=O)NCCN=C(N)N)n(C)c4)n(C)c3)n(C)c2)cc1. The summed E-state index contributed by atoms with van der Waals surface area (Å²) in [5, 5.41) is 9.70. The largest absolute Gasteiger partial charge is 0.370 e. The molecule has 0 bridgehead atoms. The van der Waals surface area contributed by atoms with Gasteiger partial charge in [-0.25, -0.2) is 10.4 Å². The van der Waals surface area contributed by atoms with Crippen LogP contribution in [0.25, 0.3) is 0 Å². The Kier molecular flexibility index (Phi) is 12.2. The lowest BCUT2D eigenvalue weighted by atomic mass is 10.1. The predicted octanol–water partition coefficient (Wildman–Crippen LogP) is 2.55. The molecule has 4 aromatic rings. The Morgan fingerprint density at radius 3 is 1.90 bits per heavy atom. The molecule has 260 valence electrons. The van der Waals surface area contributed by atoms with Crippen molar-refractivity contribution in [2.24, 2.45) is 37.6 Å². The van der Waals surface area contributed by atoms with Gasteiger partial charge in [-0.1, -0.05) is 25.5 Å². The number of hydrazine groups is 1. The molecule has 16 heteroatoms. The smallest absolute Gasteiger partial charge is 0.272 e. The number of alkyl halides is 1. The Bertz CT molecular complexity index is 1830. The molecular formula is C33H42ClN11O4. The average Bonchev–Trinajstić information content (AvgIpc) is 3.75. The third-order valence-electron chi connectivity index (χ3n) is 7.47. The van der Waals surface area contributed by atoms with Crippen LogP contribution in [0.5, 0.6) is 0 Å². The van der Waals surface area contributed by atoms with Gasteiger partial charge in [0, 0.05) is 64.3 Å². The molecule has 0 fully saturated rings. The first kappa shape index (κ1) is 36.3. The molecular weight excluding hydrogens is 650 g/mol. The molecule has 1 aromatic carbocycles. The molecule has 0 spiro atoms. The number of halogens is 1. The number of carbonyl (C=O) groups is 4. The number of anilines is 3. The maximum atomic E-state index is 13.5. The Morgan fingerprint density at radius 1 is 0.796 bits per heavy atom. The summed E-state index contributed by atoms with van der Waals surface area (Å²) < 4.78 is 4.77. The van der Waals surface area contributed by atoms with Crippen molar-refractivity contribution in [2.75, 3.05) is 41.2 Å². The minimum Gasteiger partial charge on any atom is -0.370 e. The third kappa shape index (κ3) is 9.30. The Balaban J connectivity index is 1.44. The van der Waals surface area contributed by atoms with Crippen molar-refractivity contribution in [3.8, 4) is 0 Å². The van der Waals surface area contributed by atoms with E-state index in [1.165, 1.54) is 11.1 Å². The number of hydrogen-bond donors (Lipinski definition) is 6. The number of nitrogens with zero attached hydrogens (tertiary/aromatic N) is 5. The van der Waals surface area contributed by atoms with E-state index >= 15 is 0 Å². The van der Waals surface area contributed by atoms with Gasteiger partial charge in [0.2, 0.25) is 0 Å². The molecule has 3 heterocycles. The van der Waals surface area contributed by atoms with Crippen molar-refractivity contribution in [3.05, 3.63) is 89.3 Å². The number of nitrogens with one attached hydrogen (secondary N) is 4. The summed E-state index contributed by atoms with van der Waals surface area (Å²) in [5.74, 6) is -1.34. The Morgan fingerprint density at radius 2 is 1.35 bits per heavy atom. The number of amides is 4. The summed E-state index contributed by atoms with van der Waals surface area (Å²) in [6.45, 7) is 2.89. The normalized spacial score (nSPS) is 10.8. The average molecular weight is 692 g/mol. The summed E-state index contributed by atoms with van der Waals surface area (Å²) in [6, 6.07) is 12.1. The van der Waals surface area contributed by atoms with Crippen LogP contribution in [0.3, 0.4) is 0 Å². The van der Waals surface area contributed by atoms with Gasteiger partial charge in [0.1, 0.15) is 17.1 Å². The molecule has 0 aliphatic heterocycles. The first-order chi connectivity index (χ1) is 23.4. The fourth-order valence-electron chi connectivity index (χ4n) is 5.11. The minimum absolute atomic E-state index is 0.0637. The quantitative estimate of drug-likeness (QED) is 0.0362. The standard InChI is InChI=1S/C33H42ClN11O4/c1-5-6-21-7-9-22(10-8-21)32(49)45(39-12-11-34)25-17-28(44(4)20-25)31(48)41-24-16-27(43(3)19-24)30(47)40-23-15-26(42(2)18-23)29(46)37-13-14-38-33(35)36/h7-10,15-20,39H,5-6,11-14H2,1-4H3,(H,37,46)(H,40,47)(H,41,48)(H4,35,36,38). The van der Waals surface area contributed by atoms with E-state index in [2.05, 4.69) is 33.3 Å². The first-order valence-electron chi connectivity index (χ1n) is 15.6. The molecule has 0 unspecified atom stereocenters. The van der Waals surface area contributed by atoms with Crippen LogP contribution in [0.1, 0.15) is 60.7 Å². The zero-order valence-electron chi connectivity index (χ0n) is 27.9. The summed E-state index contributed by atoms with van der Waals surface area (Å²) >= 11 is 5.92. The Hall–Kier alpha value is -5.54. The highest BCUT2D eigenvalue weighted by atomic mass is 35.5. The molecule has 8 N–H and O–H groups in total. The van der Waals surface area contributed by atoms with Crippen molar-refractivity contribution in [2.45, 2.75) is 19.8 Å². The number of guanidine groups is 1. The van der Waals surface area contributed by atoms with E-state index in [1.807, 2.05) is 12.1 Å². The molecule has 0 radical (unpaired) electrons. The van der Waals surface area contributed by atoms with Crippen molar-refractivity contribution < 1.29 is 19.2 Å². The first-order valence-corrected chi connectivity index (χ1v) is 16.1. The molecule has 0 aliphatic carbocycles. The number of aryl methyl sites for hydroxylation is 4. The van der Waals surface area contributed by atoms with Gasteiger partial charge >= 0.3 is 0 Å². The van der Waals surface area contributed by atoms with Crippen LogP contribution in [-0.2, 0) is 27.6 Å². The number of aromatic nitrogens is 3. The van der Waals surface area contributed by atoms with Gasteiger partial charge in [0.05, 0.1) is 23.6 Å². The number of carbonyl (C=O) groups excluding carboxylic acids is 4. The van der Waals surface area contributed by atoms with E-state index in [4.69, 9.17) is 23.1 Å². The number of aliphatic imine (C=N–C) groups is 1. The maximum absolute atomic E-state index is 13.5. The number of benzene rings is 1. The molecule has 4 rings (SSSR count).